The summed E-state index contributed by atoms with van der Waals surface area (Å²) >= 11 is 9.25. The van der Waals surface area contributed by atoms with E-state index in [1.165, 1.54) is 7.11 Å². The Morgan fingerprint density at radius 2 is 2.26 bits per heavy atom. The van der Waals surface area contributed by atoms with Gasteiger partial charge >= 0.3 is 5.97 Å². The van der Waals surface area contributed by atoms with Crippen molar-refractivity contribution < 1.29 is 14.3 Å². The van der Waals surface area contributed by atoms with Gasteiger partial charge < -0.3 is 14.8 Å². The quantitative estimate of drug-likeness (QED) is 0.831. The molecule has 1 aliphatic rings. The normalized spacial score (nSPS) is 21.6. The second-order valence-electron chi connectivity index (χ2n) is 4.03. The molecule has 0 aliphatic carbocycles. The van der Waals surface area contributed by atoms with E-state index in [0.717, 1.165) is 10.2 Å². The lowest BCUT2D eigenvalue weighted by molar-refractivity contribution is -0.142. The standard InChI is InChI=1S/C12H13BrClNO3.ClH/c1-17-12(16)10-5-8(6-15-10)18-11-3-2-7(14)4-9(11)13;/h2-4,8,10,15H,5-6H2,1H3;1H/t8-,10+;/m1./s1. The maximum absolute atomic E-state index is 11.4. The first-order chi connectivity index (χ1) is 8.60. The number of esters is 1. The molecule has 2 rings (SSSR count). The molecule has 0 bridgehead atoms. The summed E-state index contributed by atoms with van der Waals surface area (Å²) in [7, 11) is 1.38. The summed E-state index contributed by atoms with van der Waals surface area (Å²) in [5.41, 5.74) is 0. The minimum absolute atomic E-state index is 0. The molecule has 0 saturated carbocycles. The van der Waals surface area contributed by atoms with Crippen LogP contribution in [0.15, 0.2) is 22.7 Å². The second-order valence-corrected chi connectivity index (χ2v) is 5.33. The number of carbonyl (C=O) groups is 1. The average Bonchev–Trinajstić information content (AvgIpc) is 2.80. The maximum Gasteiger partial charge on any atom is 0.323 e. The van der Waals surface area contributed by atoms with Gasteiger partial charge in [0.2, 0.25) is 0 Å². The zero-order valence-electron chi connectivity index (χ0n) is 10.2. The summed E-state index contributed by atoms with van der Waals surface area (Å²) in [6.07, 6.45) is 0.549. The first-order valence-electron chi connectivity index (χ1n) is 5.53. The number of carbonyl (C=O) groups excluding carboxylic acids is 1. The van der Waals surface area contributed by atoms with Crippen molar-refractivity contribution in [3.63, 3.8) is 0 Å². The van der Waals surface area contributed by atoms with Gasteiger partial charge in [-0.3, -0.25) is 4.79 Å². The summed E-state index contributed by atoms with van der Waals surface area (Å²) in [6.45, 7) is 0.620. The molecule has 0 radical (unpaired) electrons. The number of halogens is 3. The molecule has 0 amide bonds. The van der Waals surface area contributed by atoms with Gasteiger partial charge in [-0.25, -0.2) is 0 Å². The van der Waals surface area contributed by atoms with Crippen molar-refractivity contribution in [1.82, 2.24) is 5.32 Å². The molecule has 0 aromatic heterocycles. The van der Waals surface area contributed by atoms with E-state index >= 15 is 0 Å². The number of nitrogens with one attached hydrogen (secondary N) is 1. The molecule has 1 aromatic rings. The molecule has 0 spiro atoms. The van der Waals surface area contributed by atoms with Crippen LogP contribution < -0.4 is 10.1 Å². The molecule has 19 heavy (non-hydrogen) atoms. The highest BCUT2D eigenvalue weighted by molar-refractivity contribution is 9.10. The molecule has 1 aliphatic heterocycles. The van der Waals surface area contributed by atoms with Gasteiger partial charge in [0, 0.05) is 18.0 Å². The molecule has 0 unspecified atom stereocenters. The van der Waals surface area contributed by atoms with E-state index in [4.69, 9.17) is 16.3 Å². The molecule has 1 saturated heterocycles. The molecule has 2 atom stereocenters. The van der Waals surface area contributed by atoms with Gasteiger partial charge in [0.25, 0.3) is 0 Å². The summed E-state index contributed by atoms with van der Waals surface area (Å²) in [5.74, 6) is 0.466. The van der Waals surface area contributed by atoms with Crippen molar-refractivity contribution in [2.45, 2.75) is 18.6 Å². The summed E-state index contributed by atoms with van der Waals surface area (Å²) in [4.78, 5) is 11.4. The monoisotopic (exact) mass is 369 g/mol. The lowest BCUT2D eigenvalue weighted by atomic mass is 10.2. The van der Waals surface area contributed by atoms with Gasteiger partial charge in [0.1, 0.15) is 17.9 Å². The Morgan fingerprint density at radius 3 is 2.89 bits per heavy atom. The highest BCUT2D eigenvalue weighted by Gasteiger charge is 2.31. The lowest BCUT2D eigenvalue weighted by Crippen LogP contribution is -2.31. The van der Waals surface area contributed by atoms with Crippen molar-refractivity contribution in [3.05, 3.63) is 27.7 Å². The Kier molecular flexibility index (Phi) is 6.39. The van der Waals surface area contributed by atoms with Gasteiger partial charge in [0.15, 0.2) is 0 Å². The minimum Gasteiger partial charge on any atom is -0.488 e. The van der Waals surface area contributed by atoms with Crippen LogP contribution in [0.25, 0.3) is 0 Å². The first-order valence-corrected chi connectivity index (χ1v) is 6.70. The fraction of sp³-hybridized carbons (Fsp3) is 0.417. The zero-order valence-corrected chi connectivity index (χ0v) is 13.3. The topological polar surface area (TPSA) is 47.6 Å². The predicted molar refractivity (Wildman–Crippen MR) is 79.2 cm³/mol. The molecule has 1 aromatic carbocycles. The Morgan fingerprint density at radius 1 is 1.53 bits per heavy atom. The van der Waals surface area contributed by atoms with Crippen LogP contribution in [0.2, 0.25) is 5.02 Å². The summed E-state index contributed by atoms with van der Waals surface area (Å²) < 4.78 is 11.3. The fourth-order valence-electron chi connectivity index (χ4n) is 1.87. The number of hydrogen-bond donors (Lipinski definition) is 1. The number of benzene rings is 1. The van der Waals surface area contributed by atoms with Crippen LogP contribution in [-0.4, -0.2) is 31.8 Å². The van der Waals surface area contributed by atoms with Crippen molar-refractivity contribution in [3.8, 4) is 5.75 Å². The van der Waals surface area contributed by atoms with Crippen molar-refractivity contribution in [1.29, 1.82) is 0 Å². The SMILES string of the molecule is COC(=O)[C@@H]1C[C@@H](Oc2ccc(Cl)cc2Br)CN1.Cl. The molecular weight excluding hydrogens is 357 g/mol. The van der Waals surface area contributed by atoms with Crippen LogP contribution in [0.4, 0.5) is 0 Å². The third-order valence-corrected chi connectivity index (χ3v) is 3.62. The zero-order chi connectivity index (χ0) is 13.1. The molecular formula is C12H14BrCl2NO3. The molecule has 106 valence electrons. The third kappa shape index (κ3) is 4.24. The van der Waals surface area contributed by atoms with Crippen LogP contribution >= 0.6 is 39.9 Å². The summed E-state index contributed by atoms with van der Waals surface area (Å²) in [5, 5.41) is 3.71. The van der Waals surface area contributed by atoms with Crippen molar-refractivity contribution in [2.75, 3.05) is 13.7 Å². The van der Waals surface area contributed by atoms with Gasteiger partial charge in [-0.05, 0) is 34.1 Å². The second kappa shape index (κ2) is 7.33. The number of hydrogen-bond acceptors (Lipinski definition) is 4. The van der Waals surface area contributed by atoms with E-state index in [1.54, 1.807) is 18.2 Å². The van der Waals surface area contributed by atoms with E-state index < -0.39 is 0 Å². The highest BCUT2D eigenvalue weighted by Crippen LogP contribution is 2.29. The predicted octanol–water partition coefficient (Wildman–Crippen LogP) is 2.81. The van der Waals surface area contributed by atoms with E-state index in [2.05, 4.69) is 26.0 Å². The van der Waals surface area contributed by atoms with Crippen molar-refractivity contribution >= 4 is 45.9 Å². The average molecular weight is 371 g/mol. The maximum atomic E-state index is 11.4. The van der Waals surface area contributed by atoms with E-state index in [0.29, 0.717) is 18.0 Å². The van der Waals surface area contributed by atoms with E-state index in [9.17, 15) is 4.79 Å². The molecule has 1 N–H and O–H groups in total. The number of ether oxygens (including phenoxy) is 2. The molecule has 1 heterocycles. The largest absolute Gasteiger partial charge is 0.488 e. The highest BCUT2D eigenvalue weighted by atomic mass is 79.9. The Hall–Kier alpha value is -0.490. The fourth-order valence-corrected chi connectivity index (χ4v) is 2.64. The van der Waals surface area contributed by atoms with Crippen LogP contribution in [-0.2, 0) is 9.53 Å². The van der Waals surface area contributed by atoms with Crippen LogP contribution in [0, 0.1) is 0 Å². The molecule has 4 nitrogen and oxygen atoms in total. The Bertz CT molecular complexity index is 459. The van der Waals surface area contributed by atoms with Crippen molar-refractivity contribution in [2.24, 2.45) is 0 Å². The molecule has 7 heteroatoms. The first kappa shape index (κ1) is 16.6. The van der Waals surface area contributed by atoms with Gasteiger partial charge in [0.05, 0.1) is 11.6 Å². The van der Waals surface area contributed by atoms with E-state index in [-0.39, 0.29) is 30.5 Å². The van der Waals surface area contributed by atoms with Crippen LogP contribution in [0.5, 0.6) is 5.75 Å². The summed E-state index contributed by atoms with van der Waals surface area (Å²) in [6, 6.07) is 5.06. The Balaban J connectivity index is 0.00000180. The number of rotatable bonds is 3. The van der Waals surface area contributed by atoms with Gasteiger partial charge in [-0.1, -0.05) is 11.6 Å². The van der Waals surface area contributed by atoms with E-state index in [1.807, 2.05) is 0 Å². The van der Waals surface area contributed by atoms with Crippen LogP contribution in [0.1, 0.15) is 6.42 Å². The Labute approximate surface area is 131 Å². The lowest BCUT2D eigenvalue weighted by Gasteiger charge is -2.14. The van der Waals surface area contributed by atoms with Gasteiger partial charge in [-0.2, -0.15) is 0 Å². The van der Waals surface area contributed by atoms with Gasteiger partial charge in [-0.15, -0.1) is 12.4 Å². The molecule has 1 fully saturated rings. The number of methoxy groups -OCH3 is 1. The minimum atomic E-state index is -0.286. The third-order valence-electron chi connectivity index (χ3n) is 2.76. The van der Waals surface area contributed by atoms with Crippen LogP contribution in [0.3, 0.4) is 0 Å². The smallest absolute Gasteiger partial charge is 0.323 e.